The van der Waals surface area contributed by atoms with Gasteiger partial charge in [-0.25, -0.2) is 19.1 Å². The minimum absolute atomic E-state index is 0.0870. The number of halogens is 1. The number of carbonyl (C=O) groups excluding carboxylic acids is 1. The smallest absolute Gasteiger partial charge is 0.335 e. The number of hydrogen-bond acceptors (Lipinski definition) is 6. The molecule has 3 N–H and O–H groups in total. The minimum Gasteiger partial charge on any atom is -0.457 e. The fourth-order valence-electron chi connectivity index (χ4n) is 3.07. The Morgan fingerprint density at radius 3 is 2.47 bits per heavy atom. The lowest BCUT2D eigenvalue weighted by molar-refractivity contribution is 0.0995. The molecule has 11 heteroatoms. The summed E-state index contributed by atoms with van der Waals surface area (Å²) in [6, 6.07) is 16.7. The van der Waals surface area contributed by atoms with E-state index in [9.17, 15) is 14.4 Å². The highest BCUT2D eigenvalue weighted by Gasteiger charge is 2.08. The predicted molar refractivity (Wildman–Crippen MR) is 125 cm³/mol. The third-order valence-electron chi connectivity index (χ3n) is 4.84. The number of carbonyl (C=O) groups is 1. The molecular weight excluding hydrogens is 460 g/mol. The summed E-state index contributed by atoms with van der Waals surface area (Å²) in [5, 5.41) is 0.577. The zero-order chi connectivity index (χ0) is 24.2. The average molecular weight is 479 g/mol. The molecule has 2 aromatic heterocycles. The third-order valence-corrected chi connectivity index (χ3v) is 5.09. The van der Waals surface area contributed by atoms with Crippen molar-refractivity contribution in [3.8, 4) is 11.5 Å². The summed E-state index contributed by atoms with van der Waals surface area (Å²) in [4.78, 5) is 47.2. The van der Waals surface area contributed by atoms with Crippen molar-refractivity contribution in [1.82, 2.24) is 19.1 Å². The second-order valence-electron chi connectivity index (χ2n) is 7.26. The standard InChI is InChI=1S/C23H19ClN6O4/c1-29-22(32)28-21(30(23(29)33)13-14-2-4-15(24)5-3-14)27-16-6-8-17(9-7-16)34-18-10-11-26-19(12-18)20(25)31/h2-12H,13H2,1H3,(H2,25,31)(H,27,28,32). The van der Waals surface area contributed by atoms with Gasteiger partial charge in [-0.3, -0.25) is 19.3 Å². The van der Waals surface area contributed by atoms with E-state index in [0.717, 1.165) is 10.1 Å². The number of pyridine rings is 1. The summed E-state index contributed by atoms with van der Waals surface area (Å²) in [6.07, 6.45) is 1.42. The molecule has 0 saturated carbocycles. The minimum atomic E-state index is -0.658. The van der Waals surface area contributed by atoms with E-state index in [1.807, 2.05) is 0 Å². The van der Waals surface area contributed by atoms with Crippen LogP contribution in [0.3, 0.4) is 0 Å². The molecule has 172 valence electrons. The van der Waals surface area contributed by atoms with Crippen LogP contribution in [0.5, 0.6) is 11.5 Å². The Morgan fingerprint density at radius 2 is 1.79 bits per heavy atom. The lowest BCUT2D eigenvalue weighted by atomic mass is 10.2. The first-order valence-electron chi connectivity index (χ1n) is 10.0. The van der Waals surface area contributed by atoms with Crippen molar-refractivity contribution in [3.63, 3.8) is 0 Å². The number of nitrogens with one attached hydrogen (secondary N) is 1. The largest absolute Gasteiger partial charge is 0.457 e. The molecule has 0 aliphatic carbocycles. The molecule has 0 aliphatic rings. The molecule has 1 amide bonds. The second kappa shape index (κ2) is 9.59. The maximum atomic E-state index is 12.8. The molecule has 0 atom stereocenters. The molecule has 2 aromatic carbocycles. The first kappa shape index (κ1) is 22.7. The van der Waals surface area contributed by atoms with Crippen LogP contribution in [-0.4, -0.2) is 25.0 Å². The first-order chi connectivity index (χ1) is 16.3. The van der Waals surface area contributed by atoms with E-state index in [0.29, 0.717) is 22.2 Å². The molecule has 10 nitrogen and oxygen atoms in total. The van der Waals surface area contributed by atoms with Crippen LogP contribution in [0.15, 0.2) is 81.4 Å². The quantitative estimate of drug-likeness (QED) is 0.437. The van der Waals surface area contributed by atoms with E-state index in [2.05, 4.69) is 15.0 Å². The van der Waals surface area contributed by atoms with E-state index >= 15 is 0 Å². The van der Waals surface area contributed by atoms with Crippen molar-refractivity contribution >= 4 is 23.2 Å². The van der Waals surface area contributed by atoms with Gasteiger partial charge in [-0.2, -0.15) is 0 Å². The summed E-state index contributed by atoms with van der Waals surface area (Å²) in [5.41, 5.74) is 5.62. The van der Waals surface area contributed by atoms with Gasteiger partial charge in [-0.1, -0.05) is 23.7 Å². The number of amides is 1. The van der Waals surface area contributed by atoms with E-state index in [1.165, 1.54) is 23.9 Å². The molecular formula is C23H19ClN6O4. The van der Waals surface area contributed by atoms with Crippen LogP contribution >= 0.6 is 11.6 Å². The number of H-pyrrole nitrogens is 1. The Hall–Kier alpha value is -4.44. The molecule has 0 unspecified atom stereocenters. The average Bonchev–Trinajstić information content (AvgIpc) is 2.83. The van der Waals surface area contributed by atoms with Crippen LogP contribution in [0.4, 0.5) is 5.69 Å². The first-order valence-corrected chi connectivity index (χ1v) is 10.4. The summed E-state index contributed by atoms with van der Waals surface area (Å²) >= 11 is 5.94. The zero-order valence-corrected chi connectivity index (χ0v) is 18.7. The summed E-state index contributed by atoms with van der Waals surface area (Å²) in [5.74, 6) is 0.215. The molecule has 0 bridgehead atoms. The van der Waals surface area contributed by atoms with Gasteiger partial charge in [0.2, 0.25) is 5.62 Å². The van der Waals surface area contributed by atoms with Crippen molar-refractivity contribution in [1.29, 1.82) is 0 Å². The summed E-state index contributed by atoms with van der Waals surface area (Å²) in [6.45, 7) is 0.185. The van der Waals surface area contributed by atoms with Gasteiger partial charge in [-0.15, -0.1) is 0 Å². The molecule has 0 aliphatic heterocycles. The number of hydrogen-bond donors (Lipinski definition) is 2. The van der Waals surface area contributed by atoms with Gasteiger partial charge in [0, 0.05) is 24.3 Å². The lowest BCUT2D eigenvalue weighted by Crippen LogP contribution is -2.48. The van der Waals surface area contributed by atoms with E-state index in [1.54, 1.807) is 54.6 Å². The molecule has 4 rings (SSSR count). The van der Waals surface area contributed by atoms with Crippen LogP contribution in [0.2, 0.25) is 5.02 Å². The normalized spacial score (nSPS) is 11.4. The van der Waals surface area contributed by atoms with E-state index in [4.69, 9.17) is 22.1 Å². The van der Waals surface area contributed by atoms with Crippen LogP contribution in [0.25, 0.3) is 0 Å². The number of nitrogens with two attached hydrogens (primary N) is 1. The van der Waals surface area contributed by atoms with Gasteiger partial charge < -0.3 is 10.5 Å². The van der Waals surface area contributed by atoms with E-state index < -0.39 is 17.3 Å². The highest BCUT2D eigenvalue weighted by Crippen LogP contribution is 2.24. The number of aromatic nitrogens is 4. The predicted octanol–water partition coefficient (Wildman–Crippen LogP) is 2.10. The number of benzene rings is 2. The van der Waals surface area contributed by atoms with Gasteiger partial charge in [0.15, 0.2) is 0 Å². The Labute approximate surface area is 197 Å². The number of primary amides is 1. The molecule has 0 saturated heterocycles. The molecule has 4 aromatic rings. The van der Waals surface area contributed by atoms with E-state index in [-0.39, 0.29) is 17.9 Å². The lowest BCUT2D eigenvalue weighted by Gasteiger charge is -2.09. The second-order valence-corrected chi connectivity index (χ2v) is 7.69. The van der Waals surface area contributed by atoms with Crippen LogP contribution in [0.1, 0.15) is 16.1 Å². The van der Waals surface area contributed by atoms with Crippen molar-refractivity contribution in [2.24, 2.45) is 17.8 Å². The van der Waals surface area contributed by atoms with Gasteiger partial charge in [-0.05, 0) is 48.0 Å². The molecule has 34 heavy (non-hydrogen) atoms. The fourth-order valence-corrected chi connectivity index (χ4v) is 3.19. The van der Waals surface area contributed by atoms with Crippen molar-refractivity contribution in [2.75, 3.05) is 0 Å². The third kappa shape index (κ3) is 5.13. The Bertz CT molecular complexity index is 1540. The van der Waals surface area contributed by atoms with Gasteiger partial charge in [0.1, 0.15) is 17.2 Å². The van der Waals surface area contributed by atoms with Crippen LogP contribution < -0.4 is 27.5 Å². The Kier molecular flexibility index (Phi) is 6.42. The number of aromatic amines is 1. The topological polar surface area (TPSA) is 137 Å². The number of rotatable bonds is 6. The Morgan fingerprint density at radius 1 is 1.09 bits per heavy atom. The number of ether oxygens (including phenoxy) is 1. The fraction of sp³-hybridized carbons (Fsp3) is 0.0870. The number of nitrogens with zero attached hydrogens (tertiary/aromatic N) is 4. The summed E-state index contributed by atoms with van der Waals surface area (Å²) < 4.78 is 8.06. The molecule has 0 spiro atoms. The maximum Gasteiger partial charge on any atom is 0.335 e. The van der Waals surface area contributed by atoms with Crippen LogP contribution in [0, 0.1) is 0 Å². The monoisotopic (exact) mass is 478 g/mol. The van der Waals surface area contributed by atoms with Gasteiger partial charge in [0.05, 0.1) is 12.2 Å². The highest BCUT2D eigenvalue weighted by molar-refractivity contribution is 6.30. The Balaban J connectivity index is 1.66. The highest BCUT2D eigenvalue weighted by atomic mass is 35.5. The SMILES string of the molecule is Cn1c(=O)[nH]/c(=N\c2ccc(Oc3ccnc(C(N)=O)c3)cc2)n(Cc2ccc(Cl)cc2)c1=O. The van der Waals surface area contributed by atoms with Gasteiger partial charge in [0.25, 0.3) is 5.91 Å². The molecule has 0 fully saturated rings. The molecule has 0 radical (unpaired) electrons. The van der Waals surface area contributed by atoms with Crippen molar-refractivity contribution in [3.05, 3.63) is 110 Å². The molecule has 2 heterocycles. The van der Waals surface area contributed by atoms with Crippen molar-refractivity contribution < 1.29 is 9.53 Å². The zero-order valence-electron chi connectivity index (χ0n) is 17.9. The van der Waals surface area contributed by atoms with Crippen molar-refractivity contribution in [2.45, 2.75) is 6.54 Å². The van der Waals surface area contributed by atoms with Crippen LogP contribution in [-0.2, 0) is 13.6 Å². The summed E-state index contributed by atoms with van der Waals surface area (Å²) in [7, 11) is 1.39. The maximum absolute atomic E-state index is 12.8. The van der Waals surface area contributed by atoms with Gasteiger partial charge >= 0.3 is 11.4 Å².